The molecule has 0 aliphatic carbocycles. The van der Waals surface area contributed by atoms with Gasteiger partial charge in [0.2, 0.25) is 0 Å². The molecule has 1 aliphatic heterocycles. The van der Waals surface area contributed by atoms with Gasteiger partial charge < -0.3 is 14.2 Å². The van der Waals surface area contributed by atoms with Crippen LogP contribution in [0, 0.1) is 5.82 Å². The second-order valence-electron chi connectivity index (χ2n) is 6.88. The lowest BCUT2D eigenvalue weighted by Crippen LogP contribution is -2.34. The molecule has 0 saturated carbocycles. The number of para-hydroxylation sites is 1. The van der Waals surface area contributed by atoms with Crippen molar-refractivity contribution in [2.24, 2.45) is 0 Å². The molecule has 2 aromatic carbocycles. The number of ketones is 1. The van der Waals surface area contributed by atoms with Gasteiger partial charge in [0.1, 0.15) is 18.2 Å². The third-order valence-corrected chi connectivity index (χ3v) is 5.04. The molecule has 0 bridgehead atoms. The Kier molecular flexibility index (Phi) is 5.10. The second-order valence-corrected chi connectivity index (χ2v) is 6.88. The zero-order valence-corrected chi connectivity index (χ0v) is 15.4. The van der Waals surface area contributed by atoms with E-state index in [9.17, 15) is 14.0 Å². The fourth-order valence-corrected chi connectivity index (χ4v) is 3.58. The maximum absolute atomic E-state index is 13.0. The van der Waals surface area contributed by atoms with E-state index in [4.69, 9.17) is 4.74 Å². The van der Waals surface area contributed by atoms with Gasteiger partial charge in [0.25, 0.3) is 11.7 Å². The third kappa shape index (κ3) is 3.63. The van der Waals surface area contributed by atoms with Crippen LogP contribution in [-0.4, -0.2) is 40.9 Å². The fraction of sp³-hybridized carbons (Fsp3) is 0.273. The Bertz CT molecular complexity index is 1000. The minimum absolute atomic E-state index is 0.311. The summed E-state index contributed by atoms with van der Waals surface area (Å²) in [4.78, 5) is 27.0. The van der Waals surface area contributed by atoms with Gasteiger partial charge in [-0.1, -0.05) is 18.2 Å². The summed E-state index contributed by atoms with van der Waals surface area (Å²) in [6.45, 7) is 2.16. The van der Waals surface area contributed by atoms with Gasteiger partial charge in [0.05, 0.1) is 12.1 Å². The van der Waals surface area contributed by atoms with Crippen molar-refractivity contribution in [2.45, 2.75) is 19.4 Å². The maximum Gasteiger partial charge on any atom is 0.295 e. The zero-order chi connectivity index (χ0) is 19.5. The van der Waals surface area contributed by atoms with Crippen LogP contribution in [0.25, 0.3) is 10.9 Å². The Balaban J connectivity index is 1.53. The van der Waals surface area contributed by atoms with Crippen LogP contribution in [0.1, 0.15) is 23.2 Å². The highest BCUT2D eigenvalue weighted by Crippen LogP contribution is 2.23. The molecule has 0 atom stereocenters. The molecular weight excluding hydrogens is 359 g/mol. The smallest absolute Gasteiger partial charge is 0.295 e. The Morgan fingerprint density at radius 3 is 2.46 bits per heavy atom. The molecule has 28 heavy (non-hydrogen) atoms. The van der Waals surface area contributed by atoms with E-state index >= 15 is 0 Å². The van der Waals surface area contributed by atoms with Gasteiger partial charge in [-0.2, -0.15) is 0 Å². The number of fused-ring (bicyclic) bond motifs is 1. The first kappa shape index (κ1) is 18.2. The quantitative estimate of drug-likeness (QED) is 0.484. The van der Waals surface area contributed by atoms with Crippen LogP contribution in [0.3, 0.4) is 0 Å². The summed E-state index contributed by atoms with van der Waals surface area (Å²) >= 11 is 0. The molecule has 4 rings (SSSR count). The van der Waals surface area contributed by atoms with Gasteiger partial charge in [-0.25, -0.2) is 4.39 Å². The molecule has 0 unspecified atom stereocenters. The van der Waals surface area contributed by atoms with Crippen LogP contribution >= 0.6 is 0 Å². The second kappa shape index (κ2) is 7.84. The van der Waals surface area contributed by atoms with Crippen molar-refractivity contribution in [2.75, 3.05) is 19.7 Å². The molecule has 1 fully saturated rings. The summed E-state index contributed by atoms with van der Waals surface area (Å²) in [6, 6.07) is 13.4. The molecule has 0 N–H and O–H groups in total. The average Bonchev–Trinajstić information content (AvgIpc) is 3.37. The molecule has 5 nitrogen and oxygen atoms in total. The molecule has 0 spiro atoms. The van der Waals surface area contributed by atoms with Gasteiger partial charge in [-0.3, -0.25) is 9.59 Å². The number of nitrogens with zero attached hydrogens (tertiary/aromatic N) is 2. The number of aromatic nitrogens is 1. The molecule has 144 valence electrons. The van der Waals surface area contributed by atoms with Crippen molar-refractivity contribution < 1.29 is 18.7 Å². The van der Waals surface area contributed by atoms with E-state index in [1.165, 1.54) is 12.1 Å². The van der Waals surface area contributed by atoms with Crippen LogP contribution in [0.5, 0.6) is 5.75 Å². The Labute approximate surface area is 162 Å². The van der Waals surface area contributed by atoms with E-state index in [0.717, 1.165) is 23.7 Å². The lowest BCUT2D eigenvalue weighted by atomic mass is 10.1. The molecule has 2 heterocycles. The number of ether oxygens (including phenoxy) is 1. The van der Waals surface area contributed by atoms with Crippen LogP contribution in [0.4, 0.5) is 4.39 Å². The van der Waals surface area contributed by atoms with E-state index in [1.807, 2.05) is 28.8 Å². The topological polar surface area (TPSA) is 51.5 Å². The van der Waals surface area contributed by atoms with E-state index in [-0.39, 0.29) is 5.82 Å². The lowest BCUT2D eigenvalue weighted by molar-refractivity contribution is -0.125. The third-order valence-electron chi connectivity index (χ3n) is 5.04. The van der Waals surface area contributed by atoms with Gasteiger partial charge >= 0.3 is 0 Å². The molecule has 0 radical (unpaired) electrons. The molecule has 1 aromatic heterocycles. The molecule has 3 aromatic rings. The van der Waals surface area contributed by atoms with E-state index in [0.29, 0.717) is 37.6 Å². The average molecular weight is 380 g/mol. The SMILES string of the molecule is O=C(C(=O)N1CCCC1)c1cn(CCOc2ccc(F)cc2)c2ccccc12. The van der Waals surface area contributed by atoms with Crippen molar-refractivity contribution in [3.8, 4) is 5.75 Å². The Morgan fingerprint density at radius 1 is 1.00 bits per heavy atom. The summed E-state index contributed by atoms with van der Waals surface area (Å²) in [6.07, 6.45) is 3.62. The Morgan fingerprint density at radius 2 is 1.71 bits per heavy atom. The van der Waals surface area contributed by atoms with Crippen molar-refractivity contribution in [3.05, 3.63) is 66.1 Å². The van der Waals surface area contributed by atoms with E-state index in [1.54, 1.807) is 23.2 Å². The van der Waals surface area contributed by atoms with E-state index in [2.05, 4.69) is 0 Å². The number of carbonyl (C=O) groups is 2. The highest BCUT2D eigenvalue weighted by Gasteiger charge is 2.27. The van der Waals surface area contributed by atoms with Gasteiger partial charge in [-0.15, -0.1) is 0 Å². The van der Waals surface area contributed by atoms with Crippen LogP contribution in [0.2, 0.25) is 0 Å². The number of Topliss-reactive ketones (excluding diaryl/α,β-unsaturated/α-hetero) is 1. The number of halogens is 1. The number of hydrogen-bond acceptors (Lipinski definition) is 3. The van der Waals surface area contributed by atoms with Gasteiger partial charge in [0, 0.05) is 30.2 Å². The van der Waals surface area contributed by atoms with E-state index < -0.39 is 11.7 Å². The lowest BCUT2D eigenvalue weighted by Gasteiger charge is -2.13. The summed E-state index contributed by atoms with van der Waals surface area (Å²) < 4.78 is 20.6. The van der Waals surface area contributed by atoms with Crippen LogP contribution in [0.15, 0.2) is 54.7 Å². The minimum atomic E-state index is -0.462. The molecule has 1 amide bonds. The number of hydrogen-bond donors (Lipinski definition) is 0. The first-order valence-corrected chi connectivity index (χ1v) is 9.43. The number of rotatable bonds is 6. The van der Waals surface area contributed by atoms with Crippen LogP contribution in [-0.2, 0) is 11.3 Å². The minimum Gasteiger partial charge on any atom is -0.492 e. The first-order valence-electron chi connectivity index (χ1n) is 9.43. The summed E-state index contributed by atoms with van der Waals surface area (Å²) in [5.41, 5.74) is 1.30. The molecular formula is C22H21FN2O3. The monoisotopic (exact) mass is 380 g/mol. The summed E-state index contributed by atoms with van der Waals surface area (Å²) in [5.74, 6) is -0.618. The summed E-state index contributed by atoms with van der Waals surface area (Å²) in [7, 11) is 0. The number of likely N-dealkylation sites (tertiary alicyclic amines) is 1. The maximum atomic E-state index is 13.0. The van der Waals surface area contributed by atoms with Crippen LogP contribution < -0.4 is 4.74 Å². The Hall–Kier alpha value is -3.15. The number of benzene rings is 2. The highest BCUT2D eigenvalue weighted by molar-refractivity contribution is 6.44. The fourth-order valence-electron chi connectivity index (χ4n) is 3.58. The highest BCUT2D eigenvalue weighted by atomic mass is 19.1. The van der Waals surface area contributed by atoms with Crippen molar-refractivity contribution >= 4 is 22.6 Å². The zero-order valence-electron chi connectivity index (χ0n) is 15.4. The van der Waals surface area contributed by atoms with Crippen molar-refractivity contribution in [1.29, 1.82) is 0 Å². The van der Waals surface area contributed by atoms with Gasteiger partial charge in [0.15, 0.2) is 0 Å². The predicted molar refractivity (Wildman–Crippen MR) is 104 cm³/mol. The molecule has 6 heteroatoms. The summed E-state index contributed by atoms with van der Waals surface area (Å²) in [5, 5.41) is 0.766. The largest absolute Gasteiger partial charge is 0.492 e. The number of carbonyl (C=O) groups excluding carboxylic acids is 2. The van der Waals surface area contributed by atoms with Crippen molar-refractivity contribution in [1.82, 2.24) is 9.47 Å². The predicted octanol–water partition coefficient (Wildman–Crippen LogP) is 3.66. The number of amides is 1. The first-order chi connectivity index (χ1) is 13.6. The molecule has 1 aliphatic rings. The van der Waals surface area contributed by atoms with Gasteiger partial charge in [-0.05, 0) is 43.2 Å². The standard InChI is InChI=1S/C22H21FN2O3/c23-16-7-9-17(10-8-16)28-14-13-25-15-19(18-5-1-2-6-20(18)25)21(26)22(27)24-11-3-4-12-24/h1-2,5-10,15H,3-4,11-14H2. The van der Waals surface area contributed by atoms with Crippen molar-refractivity contribution in [3.63, 3.8) is 0 Å². The normalized spacial score (nSPS) is 13.8. The molecule has 1 saturated heterocycles.